The first kappa shape index (κ1) is 29.4. The Morgan fingerprint density at radius 2 is 1.56 bits per heavy atom. The van der Waals surface area contributed by atoms with E-state index in [1.165, 1.54) is 31.2 Å². The fourth-order valence-electron chi connectivity index (χ4n) is 4.51. The summed E-state index contributed by atoms with van der Waals surface area (Å²) in [7, 11) is -4.02. The molecule has 212 valence electrons. The lowest BCUT2D eigenvalue weighted by atomic mass is 10.1. The van der Waals surface area contributed by atoms with Gasteiger partial charge in [0.1, 0.15) is 0 Å². The predicted octanol–water partition coefficient (Wildman–Crippen LogP) is 4.44. The van der Waals surface area contributed by atoms with Gasteiger partial charge in [0.15, 0.2) is 0 Å². The average molecular weight is 572 g/mol. The van der Waals surface area contributed by atoms with Gasteiger partial charge < -0.3 is 9.88 Å². The monoisotopic (exact) mass is 571 g/mol. The van der Waals surface area contributed by atoms with Crippen LogP contribution in [0.25, 0.3) is 5.69 Å². The van der Waals surface area contributed by atoms with Crippen LogP contribution in [0.2, 0.25) is 0 Å². The van der Waals surface area contributed by atoms with E-state index in [0.717, 1.165) is 32.5 Å². The molecule has 2 N–H and O–H groups in total. The van der Waals surface area contributed by atoms with Crippen molar-refractivity contribution < 1.29 is 18.0 Å². The van der Waals surface area contributed by atoms with E-state index in [1.807, 2.05) is 80.6 Å². The standard InChI is InChI=1S/C31H33N5O4S/c1-23-20-27(24(2)36(23)29-12-8-5-9-13-29)21-32-34-31(38)22-35(19-18-26-10-6-4-7-11-26)41(39,40)30-16-14-28(15-17-30)33-25(3)37/h4-17,20-21H,18-19,22H2,1-3H3,(H,33,37)(H,34,38)/b32-21-. The number of anilines is 1. The maximum atomic E-state index is 13.6. The summed E-state index contributed by atoms with van der Waals surface area (Å²) < 4.78 is 30.3. The van der Waals surface area contributed by atoms with Crippen molar-refractivity contribution >= 4 is 33.7 Å². The zero-order valence-corrected chi connectivity index (χ0v) is 24.1. The molecular formula is C31H33N5O4S. The molecular weight excluding hydrogens is 538 g/mol. The van der Waals surface area contributed by atoms with E-state index in [9.17, 15) is 18.0 Å². The van der Waals surface area contributed by atoms with Gasteiger partial charge in [-0.2, -0.15) is 9.41 Å². The van der Waals surface area contributed by atoms with E-state index < -0.39 is 22.5 Å². The molecule has 0 bridgehead atoms. The lowest BCUT2D eigenvalue weighted by molar-refractivity contribution is -0.121. The molecule has 4 aromatic rings. The van der Waals surface area contributed by atoms with Gasteiger partial charge in [0.2, 0.25) is 15.9 Å². The average Bonchev–Trinajstić information content (AvgIpc) is 3.24. The van der Waals surface area contributed by atoms with Crippen LogP contribution >= 0.6 is 0 Å². The SMILES string of the molecule is CC(=O)Nc1ccc(S(=O)(=O)N(CCc2ccccc2)CC(=O)N/N=C\c2cc(C)n(-c3ccccc3)c2C)cc1. The number of nitrogens with one attached hydrogen (secondary N) is 2. The van der Waals surface area contributed by atoms with Crippen LogP contribution in [0, 0.1) is 13.8 Å². The van der Waals surface area contributed by atoms with Crippen molar-refractivity contribution in [2.24, 2.45) is 5.10 Å². The Morgan fingerprint density at radius 1 is 0.927 bits per heavy atom. The number of hydrazone groups is 1. The molecule has 0 aliphatic carbocycles. The molecule has 1 heterocycles. The highest BCUT2D eigenvalue weighted by Gasteiger charge is 2.26. The highest BCUT2D eigenvalue weighted by molar-refractivity contribution is 7.89. The zero-order chi connectivity index (χ0) is 29.4. The predicted molar refractivity (Wildman–Crippen MR) is 161 cm³/mol. The lowest BCUT2D eigenvalue weighted by Crippen LogP contribution is -2.40. The number of hydrogen-bond donors (Lipinski definition) is 2. The quantitative estimate of drug-likeness (QED) is 0.205. The summed E-state index contributed by atoms with van der Waals surface area (Å²) in [6.07, 6.45) is 1.98. The summed E-state index contributed by atoms with van der Waals surface area (Å²) in [6, 6.07) is 27.2. The topological polar surface area (TPSA) is 113 Å². The van der Waals surface area contributed by atoms with Crippen LogP contribution < -0.4 is 10.7 Å². The molecule has 0 fully saturated rings. The largest absolute Gasteiger partial charge is 0.326 e. The van der Waals surface area contributed by atoms with Gasteiger partial charge in [-0.15, -0.1) is 0 Å². The normalized spacial score (nSPS) is 11.6. The van der Waals surface area contributed by atoms with Gasteiger partial charge in [0.25, 0.3) is 5.91 Å². The smallest absolute Gasteiger partial charge is 0.255 e. The maximum absolute atomic E-state index is 13.6. The van der Waals surface area contributed by atoms with Crippen LogP contribution in [0.1, 0.15) is 29.4 Å². The van der Waals surface area contributed by atoms with Gasteiger partial charge in [0, 0.05) is 41.8 Å². The Labute approximate surface area is 240 Å². The number of para-hydroxylation sites is 1. The van der Waals surface area contributed by atoms with E-state index in [2.05, 4.69) is 20.4 Å². The van der Waals surface area contributed by atoms with Crippen molar-refractivity contribution in [3.8, 4) is 5.69 Å². The molecule has 10 heteroatoms. The summed E-state index contributed by atoms with van der Waals surface area (Å²) in [5.41, 5.74) is 7.73. The number of carbonyl (C=O) groups excluding carboxylic acids is 2. The van der Waals surface area contributed by atoms with Crippen molar-refractivity contribution in [3.05, 3.63) is 114 Å². The summed E-state index contributed by atoms with van der Waals surface area (Å²) in [5, 5.41) is 6.73. The minimum atomic E-state index is -4.02. The summed E-state index contributed by atoms with van der Waals surface area (Å²) in [4.78, 5) is 24.2. The van der Waals surface area contributed by atoms with Gasteiger partial charge in [-0.25, -0.2) is 13.8 Å². The third-order valence-corrected chi connectivity index (χ3v) is 8.36. The molecule has 0 atom stereocenters. The van der Waals surface area contributed by atoms with Gasteiger partial charge in [-0.1, -0.05) is 48.5 Å². The summed E-state index contributed by atoms with van der Waals surface area (Å²) >= 11 is 0. The number of hydrogen-bond acceptors (Lipinski definition) is 5. The number of rotatable bonds is 11. The third kappa shape index (κ3) is 7.56. The van der Waals surface area contributed by atoms with Gasteiger partial charge in [-0.05, 0) is 68.3 Å². The minimum Gasteiger partial charge on any atom is -0.326 e. The highest BCUT2D eigenvalue weighted by Crippen LogP contribution is 2.21. The fourth-order valence-corrected chi connectivity index (χ4v) is 5.90. The number of nitrogens with zero attached hydrogens (tertiary/aromatic N) is 3. The molecule has 0 aliphatic heterocycles. The number of amides is 2. The van der Waals surface area contributed by atoms with Crippen LogP contribution in [0.15, 0.2) is 101 Å². The van der Waals surface area contributed by atoms with Crippen molar-refractivity contribution in [1.29, 1.82) is 0 Å². The highest BCUT2D eigenvalue weighted by atomic mass is 32.2. The molecule has 9 nitrogen and oxygen atoms in total. The molecule has 2 amide bonds. The maximum Gasteiger partial charge on any atom is 0.255 e. The number of aryl methyl sites for hydroxylation is 1. The number of aromatic nitrogens is 1. The molecule has 1 aromatic heterocycles. The lowest BCUT2D eigenvalue weighted by Gasteiger charge is -2.21. The van der Waals surface area contributed by atoms with E-state index in [-0.39, 0.29) is 17.3 Å². The second kappa shape index (κ2) is 13.2. The summed E-state index contributed by atoms with van der Waals surface area (Å²) in [6.45, 7) is 5.02. The molecule has 0 radical (unpaired) electrons. The van der Waals surface area contributed by atoms with E-state index in [4.69, 9.17) is 0 Å². The molecule has 0 spiro atoms. The molecule has 3 aromatic carbocycles. The number of benzene rings is 3. The summed E-state index contributed by atoms with van der Waals surface area (Å²) in [5.74, 6) is -0.825. The first-order chi connectivity index (χ1) is 19.6. The van der Waals surface area contributed by atoms with Crippen LogP contribution in [0.4, 0.5) is 5.69 Å². The molecule has 0 saturated carbocycles. The van der Waals surface area contributed by atoms with Crippen molar-refractivity contribution in [1.82, 2.24) is 14.3 Å². The minimum absolute atomic E-state index is 0.0179. The Balaban J connectivity index is 1.49. The Kier molecular flexibility index (Phi) is 9.49. The van der Waals surface area contributed by atoms with Crippen LogP contribution in [0.5, 0.6) is 0 Å². The van der Waals surface area contributed by atoms with Crippen molar-refractivity contribution in [2.75, 3.05) is 18.4 Å². The number of sulfonamides is 1. The second-order valence-corrected chi connectivity index (χ2v) is 11.5. The molecule has 0 aliphatic rings. The van der Waals surface area contributed by atoms with Crippen molar-refractivity contribution in [3.63, 3.8) is 0 Å². The Morgan fingerprint density at radius 3 is 2.20 bits per heavy atom. The van der Waals surface area contributed by atoms with Crippen LogP contribution in [-0.4, -0.2) is 48.4 Å². The van der Waals surface area contributed by atoms with Crippen LogP contribution in [-0.2, 0) is 26.0 Å². The first-order valence-corrected chi connectivity index (χ1v) is 14.6. The number of carbonyl (C=O) groups is 2. The van der Waals surface area contributed by atoms with Crippen molar-refractivity contribution in [2.45, 2.75) is 32.1 Å². The van der Waals surface area contributed by atoms with E-state index in [1.54, 1.807) is 6.21 Å². The van der Waals surface area contributed by atoms with Gasteiger partial charge >= 0.3 is 0 Å². The molecule has 41 heavy (non-hydrogen) atoms. The van der Waals surface area contributed by atoms with E-state index >= 15 is 0 Å². The van der Waals surface area contributed by atoms with Gasteiger partial charge in [-0.3, -0.25) is 9.59 Å². The van der Waals surface area contributed by atoms with E-state index in [0.29, 0.717) is 12.1 Å². The molecule has 0 unspecified atom stereocenters. The van der Waals surface area contributed by atoms with Crippen LogP contribution in [0.3, 0.4) is 0 Å². The molecule has 4 rings (SSSR count). The second-order valence-electron chi connectivity index (χ2n) is 9.57. The van der Waals surface area contributed by atoms with Gasteiger partial charge in [0.05, 0.1) is 17.7 Å². The first-order valence-electron chi connectivity index (χ1n) is 13.1. The third-order valence-electron chi connectivity index (χ3n) is 6.50. The zero-order valence-electron chi connectivity index (χ0n) is 23.2. The fraction of sp³-hybridized carbons (Fsp3) is 0.194. The Bertz CT molecular complexity index is 1630. The molecule has 0 saturated heterocycles. The Hall–Kier alpha value is -4.54.